The van der Waals surface area contributed by atoms with Crippen LogP contribution >= 0.6 is 24.0 Å². The van der Waals surface area contributed by atoms with Gasteiger partial charge in [0.1, 0.15) is 5.75 Å². The summed E-state index contributed by atoms with van der Waals surface area (Å²) in [5, 5.41) is 3.40. The Balaban J connectivity index is 0.00000240. The van der Waals surface area contributed by atoms with E-state index < -0.39 is 0 Å². The number of hydrogen-bond donors (Lipinski definition) is 2. The largest absolute Gasteiger partial charge is 0.493 e. The van der Waals surface area contributed by atoms with Gasteiger partial charge in [-0.2, -0.15) is 0 Å². The van der Waals surface area contributed by atoms with Crippen LogP contribution in [0.5, 0.6) is 5.75 Å². The second-order valence-electron chi connectivity index (χ2n) is 7.65. The zero-order chi connectivity index (χ0) is 19.3. The Hall–Kier alpha value is -1.80. The van der Waals surface area contributed by atoms with Crippen LogP contribution in [0.3, 0.4) is 0 Å². The normalized spacial score (nSPS) is 19.9. The van der Waals surface area contributed by atoms with Crippen LogP contribution in [0, 0.1) is 0 Å². The van der Waals surface area contributed by atoms with Gasteiger partial charge < -0.3 is 15.8 Å². The Kier molecular flexibility index (Phi) is 7.77. The highest BCUT2D eigenvalue weighted by atomic mass is 127. The zero-order valence-corrected chi connectivity index (χ0v) is 19.3. The molecule has 0 saturated heterocycles. The van der Waals surface area contributed by atoms with Crippen molar-refractivity contribution in [3.63, 3.8) is 0 Å². The van der Waals surface area contributed by atoms with Crippen LogP contribution in [-0.4, -0.2) is 36.6 Å². The van der Waals surface area contributed by atoms with Gasteiger partial charge in [-0.15, -0.1) is 24.0 Å². The molecule has 2 aliphatic rings. The van der Waals surface area contributed by atoms with E-state index in [-0.39, 0.29) is 30.0 Å². The molecular weight excluding hydrogens is 475 g/mol. The summed E-state index contributed by atoms with van der Waals surface area (Å²) in [5.74, 6) is 1.47. The quantitative estimate of drug-likeness (QED) is 0.367. The van der Waals surface area contributed by atoms with Gasteiger partial charge in [-0.25, -0.2) is 0 Å². The highest BCUT2D eigenvalue weighted by Gasteiger charge is 2.23. The van der Waals surface area contributed by atoms with Gasteiger partial charge in [0, 0.05) is 31.1 Å². The summed E-state index contributed by atoms with van der Waals surface area (Å²) >= 11 is 0. The molecule has 0 fully saturated rings. The molecule has 29 heavy (non-hydrogen) atoms. The van der Waals surface area contributed by atoms with Crippen LogP contribution in [-0.2, 0) is 13.0 Å². The Morgan fingerprint density at radius 2 is 1.97 bits per heavy atom. The first kappa shape index (κ1) is 21.9. The van der Waals surface area contributed by atoms with Crippen LogP contribution in [0.4, 0.5) is 0 Å². The Morgan fingerprint density at radius 3 is 2.79 bits per heavy atom. The third kappa shape index (κ3) is 5.22. The predicted octanol–water partition coefficient (Wildman–Crippen LogP) is 3.87. The molecule has 2 unspecified atom stereocenters. The lowest BCUT2D eigenvalue weighted by atomic mass is 9.98. The number of guanidine groups is 1. The lowest BCUT2D eigenvalue weighted by molar-refractivity contribution is 0.178. The van der Waals surface area contributed by atoms with E-state index in [1.165, 1.54) is 11.1 Å². The molecule has 3 N–H and O–H groups in total. The van der Waals surface area contributed by atoms with Gasteiger partial charge in [0.15, 0.2) is 5.96 Å². The number of aliphatic imine (C=N–C) groups is 1. The third-order valence-electron chi connectivity index (χ3n) is 5.90. The van der Waals surface area contributed by atoms with Gasteiger partial charge in [0.25, 0.3) is 0 Å². The first-order valence-corrected chi connectivity index (χ1v) is 10.3. The van der Waals surface area contributed by atoms with E-state index in [1.807, 2.05) is 18.2 Å². The molecule has 2 atom stereocenters. The van der Waals surface area contributed by atoms with E-state index >= 15 is 0 Å². The van der Waals surface area contributed by atoms with Crippen molar-refractivity contribution in [2.45, 2.75) is 44.8 Å². The van der Waals surface area contributed by atoms with Crippen molar-refractivity contribution in [1.29, 1.82) is 0 Å². The van der Waals surface area contributed by atoms with Crippen molar-refractivity contribution in [3.05, 3.63) is 65.2 Å². The fourth-order valence-electron chi connectivity index (χ4n) is 4.25. The maximum atomic E-state index is 6.25. The molecule has 4 rings (SSSR count). The standard InChI is InChI=1S/C23H30N4O.HI/c1-2-19(27-13-11-17-7-3-4-8-18(17)16-27)15-25-23(24)26-21-12-14-28-22-10-6-5-9-20(21)22;/h3-10,19,21H,2,11-16H2,1H3,(H3,24,25,26);1H. The number of nitrogens with zero attached hydrogens (tertiary/aromatic N) is 2. The minimum absolute atomic E-state index is 0. The number of nitrogens with two attached hydrogens (primary N) is 1. The van der Waals surface area contributed by atoms with Gasteiger partial charge in [0.2, 0.25) is 0 Å². The van der Waals surface area contributed by atoms with Crippen LogP contribution < -0.4 is 15.8 Å². The molecule has 6 heteroatoms. The second kappa shape index (κ2) is 10.3. The van der Waals surface area contributed by atoms with Gasteiger partial charge >= 0.3 is 0 Å². The van der Waals surface area contributed by atoms with Crippen molar-refractivity contribution >= 4 is 29.9 Å². The average molecular weight is 506 g/mol. The molecule has 2 aromatic carbocycles. The smallest absolute Gasteiger partial charge is 0.189 e. The number of nitrogens with one attached hydrogen (secondary N) is 1. The average Bonchev–Trinajstić information content (AvgIpc) is 2.74. The summed E-state index contributed by atoms with van der Waals surface area (Å²) in [6.45, 7) is 5.75. The Morgan fingerprint density at radius 1 is 1.21 bits per heavy atom. The van der Waals surface area contributed by atoms with Crippen molar-refractivity contribution in [2.24, 2.45) is 10.7 Å². The molecule has 2 aliphatic heterocycles. The third-order valence-corrected chi connectivity index (χ3v) is 5.90. The van der Waals surface area contributed by atoms with Gasteiger partial charge in [-0.1, -0.05) is 49.4 Å². The maximum absolute atomic E-state index is 6.25. The van der Waals surface area contributed by atoms with Crippen LogP contribution in [0.1, 0.15) is 42.5 Å². The summed E-state index contributed by atoms with van der Waals surface area (Å²) in [6.07, 6.45) is 3.08. The van der Waals surface area contributed by atoms with E-state index in [2.05, 4.69) is 47.5 Å². The van der Waals surface area contributed by atoms with Crippen LogP contribution in [0.15, 0.2) is 53.5 Å². The lowest BCUT2D eigenvalue weighted by Crippen LogP contribution is -2.42. The molecule has 0 aliphatic carbocycles. The molecule has 0 aromatic heterocycles. The SMILES string of the molecule is CCC(CN=C(N)NC1CCOc2ccccc21)N1CCc2ccccc2C1.I. The van der Waals surface area contributed by atoms with Crippen LogP contribution in [0.2, 0.25) is 0 Å². The molecule has 5 nitrogen and oxygen atoms in total. The molecule has 0 saturated carbocycles. The van der Waals surface area contributed by atoms with Crippen molar-refractivity contribution in [3.8, 4) is 5.75 Å². The molecule has 2 heterocycles. The highest BCUT2D eigenvalue weighted by Crippen LogP contribution is 2.31. The van der Waals surface area contributed by atoms with Crippen LogP contribution in [0.25, 0.3) is 0 Å². The van der Waals surface area contributed by atoms with E-state index in [1.54, 1.807) is 0 Å². The van der Waals surface area contributed by atoms with Crippen molar-refractivity contribution < 1.29 is 4.74 Å². The minimum atomic E-state index is 0. The number of benzene rings is 2. The van der Waals surface area contributed by atoms with E-state index in [4.69, 9.17) is 15.5 Å². The zero-order valence-electron chi connectivity index (χ0n) is 17.0. The van der Waals surface area contributed by atoms with Gasteiger partial charge in [-0.3, -0.25) is 9.89 Å². The number of rotatable bonds is 5. The molecular formula is C23H31IN4O. The van der Waals surface area contributed by atoms with Gasteiger partial charge in [-0.05, 0) is 30.0 Å². The highest BCUT2D eigenvalue weighted by molar-refractivity contribution is 14.0. The molecule has 0 amide bonds. The second-order valence-corrected chi connectivity index (χ2v) is 7.65. The Bertz CT molecular complexity index is 841. The molecule has 2 aromatic rings. The monoisotopic (exact) mass is 506 g/mol. The summed E-state index contributed by atoms with van der Waals surface area (Å²) in [6, 6.07) is 17.5. The van der Waals surface area contributed by atoms with E-state index in [0.29, 0.717) is 18.6 Å². The summed E-state index contributed by atoms with van der Waals surface area (Å²) < 4.78 is 5.73. The number of fused-ring (bicyclic) bond motifs is 2. The summed E-state index contributed by atoms with van der Waals surface area (Å²) in [4.78, 5) is 7.24. The predicted molar refractivity (Wildman–Crippen MR) is 129 cm³/mol. The fourth-order valence-corrected chi connectivity index (χ4v) is 4.25. The van der Waals surface area contributed by atoms with E-state index in [9.17, 15) is 0 Å². The first-order valence-electron chi connectivity index (χ1n) is 10.3. The Labute approximate surface area is 190 Å². The summed E-state index contributed by atoms with van der Waals surface area (Å²) in [7, 11) is 0. The van der Waals surface area contributed by atoms with E-state index in [0.717, 1.165) is 50.2 Å². The first-order chi connectivity index (χ1) is 13.7. The number of hydrogen-bond acceptors (Lipinski definition) is 3. The van der Waals surface area contributed by atoms with Gasteiger partial charge in [0.05, 0.1) is 19.2 Å². The maximum Gasteiger partial charge on any atom is 0.189 e. The van der Waals surface area contributed by atoms with Crippen molar-refractivity contribution in [1.82, 2.24) is 10.2 Å². The minimum Gasteiger partial charge on any atom is -0.493 e. The molecule has 0 spiro atoms. The molecule has 0 radical (unpaired) electrons. The van der Waals surface area contributed by atoms with Crippen molar-refractivity contribution in [2.75, 3.05) is 19.7 Å². The number of ether oxygens (including phenoxy) is 1. The molecule has 156 valence electrons. The number of halogens is 1. The molecule has 0 bridgehead atoms. The summed E-state index contributed by atoms with van der Waals surface area (Å²) in [5.41, 5.74) is 10.3. The lowest BCUT2D eigenvalue weighted by Gasteiger charge is -2.34. The topological polar surface area (TPSA) is 62.9 Å². The number of para-hydroxylation sites is 1. The fraction of sp³-hybridized carbons (Fsp3) is 0.435.